The monoisotopic (exact) mass is 962 g/mol. The standard InChI is InChI=1S/C36H43BF2N12O11P2S/c1-2-3-4-5-6-22(52)42-11-23(53)47-19-9-7-18(8-10-19)14-65-64(56)58-13-21-28(24(38)35(60-21)51-17-46-27-32(51)48-36(41)49-33(27)54)61-63(37,55)57-12-20-29(62-64)25(39)34(59-20)50-16-45-26-30(40)43-15-44-31(26)50/h7-10,15-17,20-21,24-25,28-29,34-35H,2-6,11-14H2,1H3,(H,42,52)(H,47,53)(H2,40,43,44)(H3,41,48,49,54)/t20-,21-,24-,25-,28-,29-,34-,35-,63-,64-/m1/s1. The van der Waals surface area contributed by atoms with E-state index in [2.05, 4.69) is 47.5 Å². The second kappa shape index (κ2) is 19.6. The highest BCUT2D eigenvalue weighted by Gasteiger charge is 2.54. The topological polar surface area (TPSA) is 307 Å². The van der Waals surface area contributed by atoms with Crippen LogP contribution in [0, 0.1) is 0 Å². The highest BCUT2D eigenvalue weighted by molar-refractivity contribution is 8.54. The number of nitrogens with one attached hydrogen (secondary N) is 3. The van der Waals surface area contributed by atoms with Gasteiger partial charge in [-0.05, 0) is 35.5 Å². The Morgan fingerprint density at radius 1 is 0.892 bits per heavy atom. The number of benzene rings is 1. The number of aromatic nitrogens is 8. The molecule has 29 heteroatoms. The van der Waals surface area contributed by atoms with E-state index in [1.807, 2.05) is 0 Å². The summed E-state index contributed by atoms with van der Waals surface area (Å²) in [5, 5.41) is 5.31. The van der Waals surface area contributed by atoms with Crippen molar-refractivity contribution in [2.75, 3.05) is 36.5 Å². The predicted molar refractivity (Wildman–Crippen MR) is 231 cm³/mol. The molecule has 4 aromatic heterocycles. The molecule has 7 heterocycles. The summed E-state index contributed by atoms with van der Waals surface area (Å²) < 4.78 is 99.3. The normalized spacial score (nSPS) is 29.5. The van der Waals surface area contributed by atoms with Gasteiger partial charge in [0, 0.05) is 17.9 Å². The van der Waals surface area contributed by atoms with Crippen molar-refractivity contribution in [2.24, 2.45) is 0 Å². The Kier molecular flexibility index (Phi) is 14.0. The van der Waals surface area contributed by atoms with Gasteiger partial charge < -0.3 is 40.6 Å². The van der Waals surface area contributed by atoms with Crippen molar-refractivity contribution in [1.82, 2.24) is 44.4 Å². The molecule has 65 heavy (non-hydrogen) atoms. The zero-order chi connectivity index (χ0) is 46.0. The number of fused-ring (bicyclic) bond motifs is 4. The lowest BCUT2D eigenvalue weighted by Gasteiger charge is -2.30. The molecular formula is C36H43BF2N12O11P2S. The summed E-state index contributed by atoms with van der Waals surface area (Å²) in [7, 11) is 1.24. The maximum Gasteiger partial charge on any atom is 0.389 e. The highest BCUT2D eigenvalue weighted by Crippen LogP contribution is 2.65. The number of halogens is 2. The molecular weight excluding hydrogens is 919 g/mol. The number of nitrogens with two attached hydrogens (primary N) is 2. The number of rotatable bonds is 13. The van der Waals surface area contributed by atoms with Crippen molar-refractivity contribution >= 4 is 84.8 Å². The molecule has 2 amide bonds. The van der Waals surface area contributed by atoms with Gasteiger partial charge in [-0.15, -0.1) is 0 Å². The molecule has 2 radical (unpaired) electrons. The first-order chi connectivity index (χ1) is 31.1. The number of alkyl halides is 2. The first-order valence-corrected chi connectivity index (χ1v) is 25.1. The Bertz CT molecular complexity index is 2700. The third-order valence-corrected chi connectivity index (χ3v) is 15.3. The maximum absolute atomic E-state index is 16.8. The summed E-state index contributed by atoms with van der Waals surface area (Å²) in [6.07, 6.45) is -6.68. The molecule has 5 aromatic rings. The van der Waals surface area contributed by atoms with Crippen LogP contribution in [-0.2, 0) is 52.0 Å². The summed E-state index contributed by atoms with van der Waals surface area (Å²) in [6, 6.07) is 6.42. The van der Waals surface area contributed by atoms with Crippen molar-refractivity contribution in [1.29, 1.82) is 0 Å². The van der Waals surface area contributed by atoms with E-state index in [0.717, 1.165) is 42.9 Å². The number of unbranched alkanes of at least 4 members (excludes halogenated alkanes) is 3. The Labute approximate surface area is 373 Å². The smallest absolute Gasteiger partial charge is 0.382 e. The van der Waals surface area contributed by atoms with Crippen LogP contribution in [0.25, 0.3) is 22.3 Å². The van der Waals surface area contributed by atoms with Crippen LogP contribution >= 0.6 is 25.7 Å². The van der Waals surface area contributed by atoms with Crippen LogP contribution in [-0.4, -0.2) is 115 Å². The van der Waals surface area contributed by atoms with Gasteiger partial charge in [0.05, 0.1) is 32.4 Å². The van der Waals surface area contributed by atoms with Gasteiger partial charge in [0.15, 0.2) is 47.4 Å². The van der Waals surface area contributed by atoms with Crippen molar-refractivity contribution in [3.05, 3.63) is 59.2 Å². The largest absolute Gasteiger partial charge is 0.389 e. The first kappa shape index (κ1) is 46.7. The lowest BCUT2D eigenvalue weighted by Crippen LogP contribution is -2.37. The summed E-state index contributed by atoms with van der Waals surface area (Å²) in [6.45, 7) is -4.28. The average molecular weight is 963 g/mol. The second-order valence-electron chi connectivity index (χ2n) is 15.2. The minimum absolute atomic E-state index is 0.00705. The Balaban J connectivity index is 1.03. The van der Waals surface area contributed by atoms with Crippen LogP contribution < -0.4 is 27.7 Å². The number of aromatic amines is 1. The number of nitrogen functional groups attached to an aromatic ring is 2. The van der Waals surface area contributed by atoms with Gasteiger partial charge in [0.25, 0.3) is 13.0 Å². The molecule has 346 valence electrons. The zero-order valence-corrected chi connectivity index (χ0v) is 37.0. The van der Waals surface area contributed by atoms with E-state index >= 15 is 8.78 Å². The number of anilines is 3. The van der Waals surface area contributed by atoms with Crippen LogP contribution in [0.15, 0.2) is 48.0 Å². The Hall–Kier alpha value is -4.85. The fourth-order valence-corrected chi connectivity index (χ4v) is 11.7. The third kappa shape index (κ3) is 10.4. The molecule has 3 aliphatic heterocycles. The average Bonchev–Trinajstić information content (AvgIpc) is 4.04. The fourth-order valence-electron chi connectivity index (χ4n) is 7.35. The molecule has 3 aliphatic rings. The van der Waals surface area contributed by atoms with E-state index in [1.54, 1.807) is 24.3 Å². The number of hydrogen-bond acceptors (Lipinski definition) is 19. The lowest BCUT2D eigenvalue weighted by molar-refractivity contribution is -0.124. The van der Waals surface area contributed by atoms with Gasteiger partial charge in [-0.2, -0.15) is 4.98 Å². The number of nitrogens with zero attached hydrogens (tertiary/aromatic N) is 7. The lowest BCUT2D eigenvalue weighted by atomic mass is 10.1. The molecule has 3 fully saturated rings. The minimum Gasteiger partial charge on any atom is -0.382 e. The Morgan fingerprint density at radius 2 is 1.55 bits per heavy atom. The number of carbonyl (C=O) groups is 2. The van der Waals surface area contributed by atoms with Crippen LogP contribution in [0.3, 0.4) is 0 Å². The summed E-state index contributed by atoms with van der Waals surface area (Å²) in [5.74, 6) is -1.03. The second-order valence-corrected chi connectivity index (χ2v) is 20.8. The van der Waals surface area contributed by atoms with E-state index in [9.17, 15) is 23.5 Å². The molecule has 0 spiro atoms. The van der Waals surface area contributed by atoms with E-state index in [0.29, 0.717) is 29.1 Å². The van der Waals surface area contributed by atoms with Crippen molar-refractivity contribution in [3.8, 4) is 0 Å². The number of carbonyl (C=O) groups excluding carboxylic acids is 2. The summed E-state index contributed by atoms with van der Waals surface area (Å²) in [4.78, 5) is 59.7. The molecule has 0 saturated carbocycles. The van der Waals surface area contributed by atoms with E-state index in [4.69, 9.17) is 46.6 Å². The van der Waals surface area contributed by atoms with Crippen LogP contribution in [0.4, 0.5) is 26.2 Å². The van der Waals surface area contributed by atoms with E-state index in [-0.39, 0.29) is 52.3 Å². The predicted octanol–water partition coefficient (Wildman–Crippen LogP) is 3.76. The molecule has 23 nitrogen and oxygen atoms in total. The molecule has 0 aliphatic carbocycles. The molecule has 1 aromatic carbocycles. The van der Waals surface area contributed by atoms with Gasteiger partial charge in [0.2, 0.25) is 25.3 Å². The van der Waals surface area contributed by atoms with Gasteiger partial charge in [-0.3, -0.25) is 42.1 Å². The van der Waals surface area contributed by atoms with E-state index in [1.165, 1.54) is 10.9 Å². The molecule has 3 saturated heterocycles. The Morgan fingerprint density at radius 3 is 2.26 bits per heavy atom. The fraction of sp³-hybridized carbons (Fsp3) is 0.500. The van der Waals surface area contributed by atoms with Gasteiger partial charge in [0.1, 0.15) is 36.3 Å². The molecule has 8 rings (SSSR count). The molecule has 7 N–H and O–H groups in total. The van der Waals surface area contributed by atoms with Crippen molar-refractivity contribution in [2.45, 2.75) is 94.0 Å². The number of imidazole rings is 2. The highest BCUT2D eigenvalue weighted by atomic mass is 32.7. The van der Waals surface area contributed by atoms with Crippen LogP contribution in [0.1, 0.15) is 57.0 Å². The minimum atomic E-state index is -4.75. The molecule has 0 unspecified atom stereocenters. The zero-order valence-electron chi connectivity index (χ0n) is 34.4. The maximum atomic E-state index is 16.8. The molecule has 10 atom stereocenters. The quantitative estimate of drug-likeness (QED) is 0.0637. The van der Waals surface area contributed by atoms with Crippen molar-refractivity contribution < 1.29 is 55.1 Å². The third-order valence-electron chi connectivity index (χ3n) is 10.6. The van der Waals surface area contributed by atoms with Gasteiger partial charge >= 0.3 is 6.80 Å². The first-order valence-electron chi connectivity index (χ1n) is 20.3. The van der Waals surface area contributed by atoms with Crippen LogP contribution in [0.5, 0.6) is 0 Å². The van der Waals surface area contributed by atoms with Gasteiger partial charge in [-0.1, -0.05) is 38.3 Å². The number of hydrogen-bond donors (Lipinski definition) is 5. The summed E-state index contributed by atoms with van der Waals surface area (Å²) in [5.41, 5.74) is 11.8. The number of H-pyrrole nitrogens is 1. The van der Waals surface area contributed by atoms with Gasteiger partial charge in [-0.25, -0.2) is 33.3 Å². The molecule has 0 bridgehead atoms. The number of ether oxygens (including phenoxy) is 2. The van der Waals surface area contributed by atoms with E-state index < -0.39 is 88.2 Å². The van der Waals surface area contributed by atoms with Crippen molar-refractivity contribution in [3.63, 3.8) is 0 Å². The number of amides is 2. The van der Waals surface area contributed by atoms with Crippen LogP contribution in [0.2, 0.25) is 0 Å². The summed E-state index contributed by atoms with van der Waals surface area (Å²) >= 11 is 0.647. The SMILES string of the molecule is [B][P@@]1(=O)OC[C@H]2O[C@@H](n3cnc4c(N)ncnc43)[C@H](F)[C@@H]2O[P@](=O)(SCc2ccc(NC(=O)CNC(=O)CCCCCC)cc2)OC[C@H]2O[C@@H](n3cnc4c(=O)[nH]c(N)nc43)[C@H](F)[C@@H]2O1.